The lowest BCUT2D eigenvalue weighted by Gasteiger charge is -2.26. The number of aromatic nitrogens is 2. The first kappa shape index (κ1) is 22.2. The van der Waals surface area contributed by atoms with Crippen LogP contribution in [0.15, 0.2) is 30.5 Å². The van der Waals surface area contributed by atoms with E-state index in [1.165, 1.54) is 0 Å². The van der Waals surface area contributed by atoms with E-state index in [0.29, 0.717) is 23.3 Å². The molecule has 2 N–H and O–H groups in total. The molecule has 2 aliphatic heterocycles. The predicted octanol–water partition coefficient (Wildman–Crippen LogP) is 3.99. The maximum atomic E-state index is 12.8. The van der Waals surface area contributed by atoms with Gasteiger partial charge in [-0.05, 0) is 55.8 Å². The molecule has 6 nitrogen and oxygen atoms in total. The maximum Gasteiger partial charge on any atom is 0.143 e. The molecular weight excluding hydrogens is 412 g/mol. The molecule has 0 amide bonds. The van der Waals surface area contributed by atoms with Gasteiger partial charge in [-0.2, -0.15) is 0 Å². The number of hydrogen-bond donors (Lipinski definition) is 2. The van der Waals surface area contributed by atoms with Crippen LogP contribution in [0.2, 0.25) is 5.02 Å². The summed E-state index contributed by atoms with van der Waals surface area (Å²) in [5.41, 5.74) is 2.33. The standard InChI is InChI=1S/C24H31ClN4O2/c1-16-9-18(14-26-12-16)23(30)11-19-10-20(21(25)15-27-19)22-3-2-4-24(29-22)28-13-17-5-7-31-8-6-17/h2-4,10,15-18,26H,5-9,11-14H2,1H3,(H,28,29)/t16-,18+/m0/s1. The van der Waals surface area contributed by atoms with Crippen LogP contribution in [0.4, 0.5) is 5.82 Å². The number of ketones is 1. The van der Waals surface area contributed by atoms with Crippen LogP contribution in [0.25, 0.3) is 11.3 Å². The average molecular weight is 443 g/mol. The highest BCUT2D eigenvalue weighted by atomic mass is 35.5. The van der Waals surface area contributed by atoms with Crippen molar-refractivity contribution in [3.63, 3.8) is 0 Å². The van der Waals surface area contributed by atoms with Crippen molar-refractivity contribution < 1.29 is 9.53 Å². The largest absolute Gasteiger partial charge is 0.381 e. The van der Waals surface area contributed by atoms with Crippen molar-refractivity contribution in [2.24, 2.45) is 17.8 Å². The third-order valence-electron chi connectivity index (χ3n) is 6.23. The first-order valence-electron chi connectivity index (χ1n) is 11.3. The molecule has 0 spiro atoms. The summed E-state index contributed by atoms with van der Waals surface area (Å²) in [5.74, 6) is 2.26. The molecule has 2 aliphatic rings. The van der Waals surface area contributed by atoms with Crippen LogP contribution in [0.3, 0.4) is 0 Å². The molecule has 4 rings (SSSR count). The molecule has 0 unspecified atom stereocenters. The molecule has 2 fully saturated rings. The second kappa shape index (κ2) is 10.5. The zero-order valence-corrected chi connectivity index (χ0v) is 18.8. The van der Waals surface area contributed by atoms with Crippen LogP contribution < -0.4 is 10.6 Å². The van der Waals surface area contributed by atoms with E-state index in [9.17, 15) is 4.79 Å². The molecule has 0 saturated carbocycles. The number of carbonyl (C=O) groups excluding carboxylic acids is 1. The fourth-order valence-corrected chi connectivity index (χ4v) is 4.58. The number of rotatable bonds is 7. The number of Topliss-reactive ketones (excluding diaryl/α,β-unsaturated/α-hetero) is 1. The van der Waals surface area contributed by atoms with Gasteiger partial charge in [0.25, 0.3) is 0 Å². The van der Waals surface area contributed by atoms with Gasteiger partial charge in [0, 0.05) is 56.1 Å². The average Bonchev–Trinajstić information content (AvgIpc) is 2.80. The van der Waals surface area contributed by atoms with E-state index in [0.717, 1.165) is 74.9 Å². The SMILES string of the molecule is C[C@@H]1CNC[C@H](C(=O)Cc2cc(-c3cccc(NCC4CCOCC4)n3)c(Cl)cn2)C1. The lowest BCUT2D eigenvalue weighted by atomic mass is 9.87. The van der Waals surface area contributed by atoms with Crippen molar-refractivity contribution >= 4 is 23.2 Å². The van der Waals surface area contributed by atoms with Crippen molar-refractivity contribution in [1.82, 2.24) is 15.3 Å². The van der Waals surface area contributed by atoms with Crippen LogP contribution in [-0.2, 0) is 16.0 Å². The number of hydrogen-bond acceptors (Lipinski definition) is 6. The van der Waals surface area contributed by atoms with Gasteiger partial charge in [-0.15, -0.1) is 0 Å². The number of carbonyl (C=O) groups is 1. The summed E-state index contributed by atoms with van der Waals surface area (Å²) in [6, 6.07) is 7.80. The second-order valence-corrected chi connectivity index (χ2v) is 9.25. The van der Waals surface area contributed by atoms with Gasteiger partial charge in [-0.1, -0.05) is 24.6 Å². The summed E-state index contributed by atoms with van der Waals surface area (Å²) in [6.45, 7) is 6.48. The Bertz CT molecular complexity index is 901. The van der Waals surface area contributed by atoms with Gasteiger partial charge in [0.15, 0.2) is 0 Å². The van der Waals surface area contributed by atoms with Gasteiger partial charge in [0.1, 0.15) is 11.6 Å². The van der Waals surface area contributed by atoms with E-state index in [1.54, 1.807) is 6.20 Å². The van der Waals surface area contributed by atoms with Crippen LogP contribution in [0, 0.1) is 17.8 Å². The van der Waals surface area contributed by atoms with E-state index in [4.69, 9.17) is 21.3 Å². The Morgan fingerprint density at radius 3 is 2.94 bits per heavy atom. The molecule has 2 atom stereocenters. The van der Waals surface area contributed by atoms with Gasteiger partial charge < -0.3 is 15.4 Å². The van der Waals surface area contributed by atoms with Crippen molar-refractivity contribution in [3.8, 4) is 11.3 Å². The molecule has 2 saturated heterocycles. The molecule has 0 bridgehead atoms. The molecule has 166 valence electrons. The summed E-state index contributed by atoms with van der Waals surface area (Å²) >= 11 is 6.45. The Hall–Kier alpha value is -2.02. The van der Waals surface area contributed by atoms with Crippen LogP contribution in [0.1, 0.15) is 31.9 Å². The van der Waals surface area contributed by atoms with Gasteiger partial charge in [-0.3, -0.25) is 9.78 Å². The Morgan fingerprint density at radius 1 is 1.29 bits per heavy atom. The molecule has 0 aliphatic carbocycles. The normalized spacial score (nSPS) is 22.3. The molecule has 0 aromatic carbocycles. The van der Waals surface area contributed by atoms with Gasteiger partial charge in [-0.25, -0.2) is 4.98 Å². The molecule has 31 heavy (non-hydrogen) atoms. The quantitative estimate of drug-likeness (QED) is 0.675. The second-order valence-electron chi connectivity index (χ2n) is 8.84. The zero-order chi connectivity index (χ0) is 21.6. The van der Waals surface area contributed by atoms with E-state index >= 15 is 0 Å². The van der Waals surface area contributed by atoms with Crippen LogP contribution in [-0.4, -0.2) is 48.6 Å². The van der Waals surface area contributed by atoms with E-state index in [1.807, 2.05) is 24.3 Å². The lowest BCUT2D eigenvalue weighted by Crippen LogP contribution is -2.39. The number of ether oxygens (including phenoxy) is 1. The number of halogens is 1. The number of nitrogens with one attached hydrogen (secondary N) is 2. The molecule has 0 radical (unpaired) electrons. The minimum atomic E-state index is 0.0560. The Labute approximate surface area is 189 Å². The molecule has 4 heterocycles. The summed E-state index contributed by atoms with van der Waals surface area (Å²) < 4.78 is 5.43. The summed E-state index contributed by atoms with van der Waals surface area (Å²) in [7, 11) is 0. The number of nitrogens with zero attached hydrogens (tertiary/aromatic N) is 2. The molecular formula is C24H31ClN4O2. The lowest BCUT2D eigenvalue weighted by molar-refractivity contribution is -0.123. The Balaban J connectivity index is 1.44. The smallest absolute Gasteiger partial charge is 0.143 e. The summed E-state index contributed by atoms with van der Waals surface area (Å²) in [6.07, 6.45) is 5.05. The third kappa shape index (κ3) is 6.03. The predicted molar refractivity (Wildman–Crippen MR) is 123 cm³/mol. The van der Waals surface area contributed by atoms with Crippen molar-refractivity contribution in [2.45, 2.75) is 32.6 Å². The van der Waals surface area contributed by atoms with Crippen LogP contribution >= 0.6 is 11.6 Å². The first-order chi connectivity index (χ1) is 15.1. The van der Waals surface area contributed by atoms with Gasteiger partial charge in [0.2, 0.25) is 0 Å². The summed E-state index contributed by atoms with van der Waals surface area (Å²) in [5, 5.41) is 7.34. The highest BCUT2D eigenvalue weighted by Gasteiger charge is 2.25. The molecule has 2 aromatic rings. The number of pyridine rings is 2. The summed E-state index contributed by atoms with van der Waals surface area (Å²) in [4.78, 5) is 22.0. The van der Waals surface area contributed by atoms with Crippen molar-refractivity contribution in [1.29, 1.82) is 0 Å². The zero-order valence-electron chi connectivity index (χ0n) is 18.1. The van der Waals surface area contributed by atoms with E-state index in [-0.39, 0.29) is 11.7 Å². The Kier molecular flexibility index (Phi) is 7.54. The minimum Gasteiger partial charge on any atom is -0.381 e. The minimum absolute atomic E-state index is 0.0560. The van der Waals surface area contributed by atoms with Gasteiger partial charge >= 0.3 is 0 Å². The number of anilines is 1. The maximum absolute atomic E-state index is 12.8. The van der Waals surface area contributed by atoms with E-state index in [2.05, 4.69) is 22.5 Å². The van der Waals surface area contributed by atoms with Gasteiger partial charge in [0.05, 0.1) is 10.7 Å². The van der Waals surface area contributed by atoms with E-state index < -0.39 is 0 Å². The first-order valence-corrected chi connectivity index (χ1v) is 11.6. The van der Waals surface area contributed by atoms with Crippen LogP contribution in [0.5, 0.6) is 0 Å². The van der Waals surface area contributed by atoms with Crippen molar-refractivity contribution in [3.05, 3.63) is 41.2 Å². The molecule has 7 heteroatoms. The monoisotopic (exact) mass is 442 g/mol. The third-order valence-corrected chi connectivity index (χ3v) is 6.53. The molecule has 2 aromatic heterocycles. The van der Waals surface area contributed by atoms with Crippen molar-refractivity contribution in [2.75, 3.05) is 38.2 Å². The fourth-order valence-electron chi connectivity index (χ4n) is 4.38. The Morgan fingerprint density at radius 2 is 2.13 bits per heavy atom. The fraction of sp³-hybridized carbons (Fsp3) is 0.542. The number of piperidine rings is 1. The topological polar surface area (TPSA) is 76.1 Å². The highest BCUT2D eigenvalue weighted by molar-refractivity contribution is 6.33. The highest BCUT2D eigenvalue weighted by Crippen LogP contribution is 2.28.